The maximum Gasteiger partial charge on any atom is 0.191 e. The summed E-state index contributed by atoms with van der Waals surface area (Å²) in [5.74, 6) is 0.920. The molecular formula is C12H29IN4. The summed E-state index contributed by atoms with van der Waals surface area (Å²) in [5, 5.41) is 6.47. The topological polar surface area (TPSA) is 39.7 Å². The molecular weight excluding hydrogens is 327 g/mol. The highest BCUT2D eigenvalue weighted by atomic mass is 127. The summed E-state index contributed by atoms with van der Waals surface area (Å²) in [7, 11) is 0. The van der Waals surface area contributed by atoms with Crippen LogP contribution in [0, 0.1) is 0 Å². The van der Waals surface area contributed by atoms with Crippen molar-refractivity contribution >= 4 is 29.9 Å². The van der Waals surface area contributed by atoms with Gasteiger partial charge in [0.25, 0.3) is 0 Å². The van der Waals surface area contributed by atoms with Crippen LogP contribution in [0.3, 0.4) is 0 Å². The number of guanidine groups is 1. The van der Waals surface area contributed by atoms with Gasteiger partial charge in [0.05, 0.1) is 6.54 Å². The number of likely N-dealkylation sites (N-methyl/N-ethyl adjacent to an activating group) is 1. The van der Waals surface area contributed by atoms with Crippen LogP contribution in [0.2, 0.25) is 0 Å². The molecule has 104 valence electrons. The van der Waals surface area contributed by atoms with Crippen molar-refractivity contribution in [3.8, 4) is 0 Å². The van der Waals surface area contributed by atoms with Crippen LogP contribution >= 0.6 is 24.0 Å². The number of halogens is 1. The monoisotopic (exact) mass is 356 g/mol. The van der Waals surface area contributed by atoms with E-state index in [9.17, 15) is 0 Å². The molecule has 0 aliphatic rings. The third-order valence-corrected chi connectivity index (χ3v) is 2.64. The van der Waals surface area contributed by atoms with Crippen molar-refractivity contribution in [2.24, 2.45) is 4.99 Å². The first-order valence-electron chi connectivity index (χ1n) is 6.45. The van der Waals surface area contributed by atoms with Gasteiger partial charge in [-0.1, -0.05) is 13.8 Å². The molecule has 0 radical (unpaired) electrons. The normalized spacial score (nSPS) is 11.6. The molecule has 0 aliphatic heterocycles. The van der Waals surface area contributed by atoms with E-state index in [4.69, 9.17) is 0 Å². The number of hydrogen-bond acceptors (Lipinski definition) is 2. The highest BCUT2D eigenvalue weighted by Gasteiger charge is 2.09. The average Bonchev–Trinajstić information content (AvgIpc) is 2.28. The summed E-state index contributed by atoms with van der Waals surface area (Å²) in [6, 6.07) is 0.502. The van der Waals surface area contributed by atoms with E-state index in [-0.39, 0.29) is 24.0 Å². The lowest BCUT2D eigenvalue weighted by Crippen LogP contribution is -2.39. The zero-order valence-corrected chi connectivity index (χ0v) is 14.2. The van der Waals surface area contributed by atoms with Crippen molar-refractivity contribution in [1.82, 2.24) is 15.5 Å². The summed E-state index contributed by atoms with van der Waals surface area (Å²) in [5.41, 5.74) is 0. The molecule has 0 amide bonds. The second-order valence-corrected chi connectivity index (χ2v) is 3.82. The van der Waals surface area contributed by atoms with Crippen LogP contribution in [0.1, 0.15) is 34.6 Å². The first kappa shape index (κ1) is 19.3. The van der Waals surface area contributed by atoms with Gasteiger partial charge in [0, 0.05) is 19.1 Å². The number of nitrogens with zero attached hydrogens (tertiary/aromatic N) is 2. The zero-order valence-electron chi connectivity index (χ0n) is 11.9. The second kappa shape index (κ2) is 12.4. The number of aliphatic imine (C=N–C) groups is 1. The van der Waals surface area contributed by atoms with Crippen LogP contribution in [-0.2, 0) is 0 Å². The van der Waals surface area contributed by atoms with E-state index in [1.165, 1.54) is 0 Å². The third-order valence-electron chi connectivity index (χ3n) is 2.64. The summed E-state index contributed by atoms with van der Waals surface area (Å²) in [6.07, 6.45) is 0. The Morgan fingerprint density at radius 3 is 1.88 bits per heavy atom. The number of nitrogens with one attached hydrogen (secondary N) is 2. The first-order chi connectivity index (χ1) is 7.69. The average molecular weight is 356 g/mol. The zero-order chi connectivity index (χ0) is 12.4. The van der Waals surface area contributed by atoms with Crippen molar-refractivity contribution in [3.63, 3.8) is 0 Å². The Hall–Kier alpha value is -0.0400. The van der Waals surface area contributed by atoms with Crippen LogP contribution in [-0.4, -0.2) is 49.6 Å². The van der Waals surface area contributed by atoms with Gasteiger partial charge in [-0.25, -0.2) is 0 Å². The van der Waals surface area contributed by atoms with Crippen molar-refractivity contribution in [2.75, 3.05) is 32.7 Å². The first-order valence-corrected chi connectivity index (χ1v) is 6.45. The molecule has 0 bridgehead atoms. The van der Waals surface area contributed by atoms with Crippen molar-refractivity contribution in [2.45, 2.75) is 40.7 Å². The Balaban J connectivity index is 0. The quantitative estimate of drug-likeness (QED) is 0.416. The van der Waals surface area contributed by atoms with Gasteiger partial charge in [-0.3, -0.25) is 9.89 Å². The minimum Gasteiger partial charge on any atom is -0.357 e. The van der Waals surface area contributed by atoms with Crippen LogP contribution in [0.25, 0.3) is 0 Å². The van der Waals surface area contributed by atoms with Crippen molar-refractivity contribution < 1.29 is 0 Å². The Bertz CT molecular complexity index is 185. The van der Waals surface area contributed by atoms with Crippen LogP contribution in [0.5, 0.6) is 0 Å². The van der Waals surface area contributed by atoms with Gasteiger partial charge in [0.1, 0.15) is 0 Å². The molecule has 0 aromatic rings. The molecule has 17 heavy (non-hydrogen) atoms. The Morgan fingerprint density at radius 2 is 1.53 bits per heavy atom. The largest absolute Gasteiger partial charge is 0.357 e. The summed E-state index contributed by atoms with van der Waals surface area (Å²) in [6.45, 7) is 15.6. The summed E-state index contributed by atoms with van der Waals surface area (Å²) < 4.78 is 0. The summed E-state index contributed by atoms with van der Waals surface area (Å²) >= 11 is 0. The Labute approximate surface area is 124 Å². The van der Waals surface area contributed by atoms with E-state index < -0.39 is 0 Å². The smallest absolute Gasteiger partial charge is 0.191 e. The highest BCUT2D eigenvalue weighted by Crippen LogP contribution is 1.98. The summed E-state index contributed by atoms with van der Waals surface area (Å²) in [4.78, 5) is 6.99. The van der Waals surface area contributed by atoms with Crippen LogP contribution in [0.15, 0.2) is 4.99 Å². The van der Waals surface area contributed by atoms with E-state index in [0.29, 0.717) is 6.04 Å². The molecule has 0 aromatic carbocycles. The predicted molar refractivity (Wildman–Crippen MR) is 87.5 cm³/mol. The van der Waals surface area contributed by atoms with E-state index in [2.05, 4.69) is 55.1 Å². The van der Waals surface area contributed by atoms with Crippen LogP contribution < -0.4 is 10.6 Å². The Kier molecular flexibility index (Phi) is 14.1. The van der Waals surface area contributed by atoms with E-state index in [0.717, 1.165) is 38.7 Å². The molecule has 4 nitrogen and oxygen atoms in total. The molecule has 1 unspecified atom stereocenters. The molecule has 2 N–H and O–H groups in total. The van der Waals surface area contributed by atoms with E-state index in [1.54, 1.807) is 0 Å². The standard InChI is InChI=1S/C12H28N4.HI/c1-6-13-12(14-7-2)15-10-11(5)16(8-3)9-4;/h11H,6-10H2,1-5H3,(H2,13,14,15);1H. The fourth-order valence-corrected chi connectivity index (χ4v) is 1.70. The van der Waals surface area contributed by atoms with Gasteiger partial charge in [-0.15, -0.1) is 24.0 Å². The fraction of sp³-hybridized carbons (Fsp3) is 0.917. The van der Waals surface area contributed by atoms with Crippen molar-refractivity contribution in [3.05, 3.63) is 0 Å². The lowest BCUT2D eigenvalue weighted by molar-refractivity contribution is 0.237. The number of hydrogen-bond donors (Lipinski definition) is 2. The Morgan fingerprint density at radius 1 is 1.06 bits per heavy atom. The molecule has 0 spiro atoms. The molecule has 0 aromatic heterocycles. The van der Waals surface area contributed by atoms with E-state index >= 15 is 0 Å². The SMILES string of the molecule is CCNC(=NCC(C)N(CC)CC)NCC.I. The molecule has 5 heteroatoms. The van der Waals surface area contributed by atoms with Gasteiger partial charge >= 0.3 is 0 Å². The predicted octanol–water partition coefficient (Wildman–Crippen LogP) is 1.91. The molecule has 0 rings (SSSR count). The van der Waals surface area contributed by atoms with Gasteiger partial charge in [-0.2, -0.15) is 0 Å². The molecule has 1 atom stereocenters. The van der Waals surface area contributed by atoms with Gasteiger partial charge in [0.2, 0.25) is 0 Å². The van der Waals surface area contributed by atoms with Gasteiger partial charge in [0.15, 0.2) is 5.96 Å². The molecule has 0 saturated heterocycles. The fourth-order valence-electron chi connectivity index (χ4n) is 1.70. The van der Waals surface area contributed by atoms with Crippen LogP contribution in [0.4, 0.5) is 0 Å². The third kappa shape index (κ3) is 8.65. The molecule has 0 saturated carbocycles. The minimum absolute atomic E-state index is 0. The molecule has 0 heterocycles. The van der Waals surface area contributed by atoms with Gasteiger partial charge in [-0.05, 0) is 33.9 Å². The van der Waals surface area contributed by atoms with E-state index in [1.807, 2.05) is 0 Å². The second-order valence-electron chi connectivity index (χ2n) is 3.82. The lowest BCUT2D eigenvalue weighted by Gasteiger charge is -2.25. The van der Waals surface area contributed by atoms with Crippen molar-refractivity contribution in [1.29, 1.82) is 0 Å². The maximum absolute atomic E-state index is 4.57. The molecule has 0 fully saturated rings. The highest BCUT2D eigenvalue weighted by molar-refractivity contribution is 14.0. The van der Waals surface area contributed by atoms with Gasteiger partial charge < -0.3 is 10.6 Å². The lowest BCUT2D eigenvalue weighted by atomic mass is 10.3. The molecule has 0 aliphatic carbocycles. The number of rotatable bonds is 7. The minimum atomic E-state index is 0. The maximum atomic E-state index is 4.57.